The smallest absolute Gasteiger partial charge is 0.272 e. The summed E-state index contributed by atoms with van der Waals surface area (Å²) in [6.45, 7) is 2.22. The summed E-state index contributed by atoms with van der Waals surface area (Å²) in [5, 5.41) is 12.0. The summed E-state index contributed by atoms with van der Waals surface area (Å²) in [5.74, 6) is 0.0528. The van der Waals surface area contributed by atoms with Crippen LogP contribution in [0.2, 0.25) is 0 Å². The molecule has 0 aliphatic carbocycles. The third-order valence-electron chi connectivity index (χ3n) is 3.53. The zero-order chi connectivity index (χ0) is 17.6. The van der Waals surface area contributed by atoms with E-state index < -0.39 is 0 Å². The summed E-state index contributed by atoms with van der Waals surface area (Å²) in [7, 11) is 0. The monoisotopic (exact) mass is 354 g/mol. The van der Waals surface area contributed by atoms with Crippen molar-refractivity contribution in [2.75, 3.05) is 5.32 Å². The molecule has 3 aromatic rings. The van der Waals surface area contributed by atoms with Gasteiger partial charge in [-0.2, -0.15) is 5.10 Å². The Bertz CT molecular complexity index is 857. The molecule has 2 amide bonds. The minimum absolute atomic E-state index is 0.136. The third-order valence-corrected chi connectivity index (χ3v) is 4.41. The van der Waals surface area contributed by atoms with Gasteiger partial charge in [0.05, 0.1) is 12.2 Å². The van der Waals surface area contributed by atoms with E-state index in [-0.39, 0.29) is 17.5 Å². The Morgan fingerprint density at radius 3 is 2.64 bits per heavy atom. The average molecular weight is 354 g/mol. The standard InChI is InChI=1S/C18H18N4O2S/c1-2-17(23)20-16-11-15(18(24)19-12-14-9-6-10-25-14)21-22(16)13-7-4-3-5-8-13/h3-11H,2,12H2,1H3,(H,19,24)(H,20,23). The molecule has 6 nitrogen and oxygen atoms in total. The van der Waals surface area contributed by atoms with Crippen LogP contribution in [0, 0.1) is 0 Å². The molecule has 0 aliphatic heterocycles. The van der Waals surface area contributed by atoms with Crippen molar-refractivity contribution in [2.45, 2.75) is 19.9 Å². The van der Waals surface area contributed by atoms with E-state index in [1.165, 1.54) is 0 Å². The molecular weight excluding hydrogens is 336 g/mol. The van der Waals surface area contributed by atoms with Gasteiger partial charge in [0.15, 0.2) is 5.69 Å². The molecule has 2 aromatic heterocycles. The molecule has 0 bridgehead atoms. The molecule has 128 valence electrons. The van der Waals surface area contributed by atoms with Crippen molar-refractivity contribution in [3.63, 3.8) is 0 Å². The third kappa shape index (κ3) is 4.13. The van der Waals surface area contributed by atoms with Gasteiger partial charge in [-0.1, -0.05) is 31.2 Å². The quantitative estimate of drug-likeness (QED) is 0.714. The second-order valence-electron chi connectivity index (χ2n) is 5.33. The van der Waals surface area contributed by atoms with E-state index in [4.69, 9.17) is 0 Å². The number of thiophene rings is 1. The average Bonchev–Trinajstić information content (AvgIpc) is 3.30. The number of anilines is 1. The van der Waals surface area contributed by atoms with Crippen LogP contribution in [0.15, 0.2) is 53.9 Å². The zero-order valence-electron chi connectivity index (χ0n) is 13.7. The Balaban J connectivity index is 1.84. The lowest BCUT2D eigenvalue weighted by Crippen LogP contribution is -2.22. The predicted molar refractivity (Wildman–Crippen MR) is 98.0 cm³/mol. The maximum atomic E-state index is 12.4. The normalized spacial score (nSPS) is 10.4. The number of carbonyl (C=O) groups excluding carboxylic acids is 2. The number of hydrogen-bond donors (Lipinski definition) is 2. The van der Waals surface area contributed by atoms with Gasteiger partial charge in [0.2, 0.25) is 5.91 Å². The number of benzene rings is 1. The Morgan fingerprint density at radius 1 is 1.16 bits per heavy atom. The van der Waals surface area contributed by atoms with E-state index in [0.717, 1.165) is 10.6 Å². The first-order valence-corrected chi connectivity index (χ1v) is 8.81. The van der Waals surface area contributed by atoms with Crippen LogP contribution in [0.1, 0.15) is 28.7 Å². The Morgan fingerprint density at radius 2 is 1.96 bits per heavy atom. The van der Waals surface area contributed by atoms with Gasteiger partial charge in [0, 0.05) is 17.4 Å². The molecule has 25 heavy (non-hydrogen) atoms. The first-order chi connectivity index (χ1) is 12.2. The molecule has 0 saturated heterocycles. The summed E-state index contributed by atoms with van der Waals surface area (Å²) in [6.07, 6.45) is 0.347. The second-order valence-corrected chi connectivity index (χ2v) is 6.36. The summed E-state index contributed by atoms with van der Waals surface area (Å²) >= 11 is 1.58. The molecule has 0 atom stereocenters. The summed E-state index contributed by atoms with van der Waals surface area (Å²) in [4.78, 5) is 25.2. The summed E-state index contributed by atoms with van der Waals surface area (Å²) < 4.78 is 1.56. The zero-order valence-corrected chi connectivity index (χ0v) is 14.5. The molecule has 2 N–H and O–H groups in total. The van der Waals surface area contributed by atoms with Crippen molar-refractivity contribution in [3.8, 4) is 5.69 Å². The number of rotatable bonds is 6. The number of nitrogens with one attached hydrogen (secondary N) is 2. The van der Waals surface area contributed by atoms with Gasteiger partial charge < -0.3 is 10.6 Å². The van der Waals surface area contributed by atoms with E-state index in [0.29, 0.717) is 18.8 Å². The lowest BCUT2D eigenvalue weighted by molar-refractivity contribution is -0.115. The van der Waals surface area contributed by atoms with Crippen LogP contribution in [0.25, 0.3) is 5.69 Å². The molecule has 0 fully saturated rings. The van der Waals surface area contributed by atoms with Gasteiger partial charge >= 0.3 is 0 Å². The highest BCUT2D eigenvalue weighted by molar-refractivity contribution is 7.09. The Kier molecular flexibility index (Phi) is 5.25. The first-order valence-electron chi connectivity index (χ1n) is 7.93. The number of aromatic nitrogens is 2. The predicted octanol–water partition coefficient (Wildman–Crippen LogP) is 3.21. The van der Waals surface area contributed by atoms with Gasteiger partial charge in [0.25, 0.3) is 5.91 Å². The Labute approximate surface area is 149 Å². The topological polar surface area (TPSA) is 76.0 Å². The van der Waals surface area contributed by atoms with Crippen LogP contribution < -0.4 is 10.6 Å². The van der Waals surface area contributed by atoms with E-state index >= 15 is 0 Å². The summed E-state index contributed by atoms with van der Waals surface area (Å²) in [5.41, 5.74) is 1.03. The van der Waals surface area contributed by atoms with Crippen LogP contribution in [-0.4, -0.2) is 21.6 Å². The molecule has 0 unspecified atom stereocenters. The highest BCUT2D eigenvalue weighted by atomic mass is 32.1. The van der Waals surface area contributed by atoms with E-state index in [1.807, 2.05) is 47.8 Å². The maximum absolute atomic E-state index is 12.4. The first kappa shape index (κ1) is 16.9. The van der Waals surface area contributed by atoms with Gasteiger partial charge in [-0.3, -0.25) is 9.59 Å². The minimum atomic E-state index is -0.282. The number of hydrogen-bond acceptors (Lipinski definition) is 4. The highest BCUT2D eigenvalue weighted by Crippen LogP contribution is 2.18. The molecule has 7 heteroatoms. The van der Waals surface area contributed by atoms with Crippen LogP contribution in [-0.2, 0) is 11.3 Å². The van der Waals surface area contributed by atoms with Crippen molar-refractivity contribution in [3.05, 3.63) is 64.5 Å². The molecule has 3 rings (SSSR count). The lowest BCUT2D eigenvalue weighted by atomic mass is 10.3. The number of amides is 2. The van der Waals surface area contributed by atoms with E-state index in [1.54, 1.807) is 29.0 Å². The van der Waals surface area contributed by atoms with Gasteiger partial charge in [-0.15, -0.1) is 11.3 Å². The molecule has 2 heterocycles. The van der Waals surface area contributed by atoms with Crippen molar-refractivity contribution < 1.29 is 9.59 Å². The van der Waals surface area contributed by atoms with Crippen molar-refractivity contribution >= 4 is 29.0 Å². The van der Waals surface area contributed by atoms with Crippen LogP contribution in [0.5, 0.6) is 0 Å². The molecule has 0 saturated carbocycles. The van der Waals surface area contributed by atoms with Crippen molar-refractivity contribution in [1.82, 2.24) is 15.1 Å². The van der Waals surface area contributed by atoms with Gasteiger partial charge in [-0.25, -0.2) is 4.68 Å². The molecular formula is C18H18N4O2S. The van der Waals surface area contributed by atoms with Crippen molar-refractivity contribution in [1.29, 1.82) is 0 Å². The molecule has 0 radical (unpaired) electrons. The number of carbonyl (C=O) groups is 2. The largest absolute Gasteiger partial charge is 0.346 e. The van der Waals surface area contributed by atoms with E-state index in [9.17, 15) is 9.59 Å². The fourth-order valence-electron chi connectivity index (χ4n) is 2.25. The second kappa shape index (κ2) is 7.76. The SMILES string of the molecule is CCC(=O)Nc1cc(C(=O)NCc2cccs2)nn1-c1ccccc1. The maximum Gasteiger partial charge on any atom is 0.272 e. The minimum Gasteiger partial charge on any atom is -0.346 e. The van der Waals surface area contributed by atoms with Crippen LogP contribution >= 0.6 is 11.3 Å². The van der Waals surface area contributed by atoms with Crippen LogP contribution in [0.4, 0.5) is 5.82 Å². The highest BCUT2D eigenvalue weighted by Gasteiger charge is 2.16. The molecule has 0 spiro atoms. The van der Waals surface area contributed by atoms with Crippen LogP contribution in [0.3, 0.4) is 0 Å². The number of para-hydroxylation sites is 1. The van der Waals surface area contributed by atoms with Crippen molar-refractivity contribution in [2.24, 2.45) is 0 Å². The lowest BCUT2D eigenvalue weighted by Gasteiger charge is -2.07. The van der Waals surface area contributed by atoms with Gasteiger partial charge in [0.1, 0.15) is 5.82 Å². The molecule has 0 aliphatic rings. The fourth-order valence-corrected chi connectivity index (χ4v) is 2.89. The fraction of sp³-hybridized carbons (Fsp3) is 0.167. The number of nitrogens with zero attached hydrogens (tertiary/aromatic N) is 2. The van der Waals surface area contributed by atoms with Gasteiger partial charge in [-0.05, 0) is 23.6 Å². The van der Waals surface area contributed by atoms with E-state index in [2.05, 4.69) is 15.7 Å². The molecule has 1 aromatic carbocycles. The summed E-state index contributed by atoms with van der Waals surface area (Å²) in [6, 6.07) is 14.9. The Hall–Kier alpha value is -2.93.